The van der Waals surface area contributed by atoms with Gasteiger partial charge in [0.25, 0.3) is 0 Å². The van der Waals surface area contributed by atoms with Gasteiger partial charge in [-0.15, -0.1) is 0 Å². The molecule has 0 atom stereocenters. The second-order valence-electron chi connectivity index (χ2n) is 5.08. The molecule has 0 radical (unpaired) electrons. The number of benzene rings is 2. The highest BCUT2D eigenvalue weighted by molar-refractivity contribution is 6.30. The zero-order chi connectivity index (χ0) is 16.9. The van der Waals surface area contributed by atoms with Crippen molar-refractivity contribution in [2.45, 2.75) is 0 Å². The number of nitrogens with one attached hydrogen (secondary N) is 1. The lowest BCUT2D eigenvalue weighted by Crippen LogP contribution is -2.16. The molecule has 0 fully saturated rings. The van der Waals surface area contributed by atoms with Crippen molar-refractivity contribution in [2.75, 3.05) is 25.6 Å². The zero-order valence-electron chi connectivity index (χ0n) is 13.0. The molecule has 1 aliphatic heterocycles. The van der Waals surface area contributed by atoms with E-state index in [4.69, 9.17) is 25.8 Å². The third-order valence-electron chi connectivity index (χ3n) is 3.39. The number of methoxy groups -OCH3 is 1. The van der Waals surface area contributed by atoms with Crippen LogP contribution >= 0.6 is 11.6 Å². The Morgan fingerprint density at radius 2 is 1.96 bits per heavy atom. The van der Waals surface area contributed by atoms with Crippen molar-refractivity contribution in [1.82, 2.24) is 0 Å². The average molecular weight is 346 g/mol. The van der Waals surface area contributed by atoms with Gasteiger partial charge >= 0.3 is 0 Å². The number of halogens is 1. The van der Waals surface area contributed by atoms with Gasteiger partial charge in [-0.1, -0.05) is 11.6 Å². The summed E-state index contributed by atoms with van der Waals surface area (Å²) in [5, 5.41) is 3.38. The number of anilines is 1. The molecule has 0 spiro atoms. The van der Waals surface area contributed by atoms with Crippen molar-refractivity contribution >= 4 is 29.3 Å². The van der Waals surface area contributed by atoms with Crippen LogP contribution in [0.2, 0.25) is 5.02 Å². The van der Waals surface area contributed by atoms with Gasteiger partial charge in [0.05, 0.1) is 7.11 Å². The van der Waals surface area contributed by atoms with E-state index >= 15 is 0 Å². The average Bonchev–Trinajstić information content (AvgIpc) is 2.61. The summed E-state index contributed by atoms with van der Waals surface area (Å²) >= 11 is 5.82. The van der Waals surface area contributed by atoms with Gasteiger partial charge in [0.2, 0.25) is 11.7 Å². The summed E-state index contributed by atoms with van der Waals surface area (Å²) in [6.07, 6.45) is 3.13. The van der Waals surface area contributed by atoms with Crippen molar-refractivity contribution in [3.8, 4) is 17.2 Å². The first-order valence-corrected chi connectivity index (χ1v) is 7.76. The molecule has 0 saturated carbocycles. The predicted octanol–water partition coefficient (Wildman–Crippen LogP) is 3.77. The van der Waals surface area contributed by atoms with Gasteiger partial charge in [-0.2, -0.15) is 0 Å². The van der Waals surface area contributed by atoms with Crippen LogP contribution in [0.5, 0.6) is 17.2 Å². The van der Waals surface area contributed by atoms with E-state index in [0.29, 0.717) is 41.2 Å². The van der Waals surface area contributed by atoms with Crippen LogP contribution in [0.1, 0.15) is 5.56 Å². The van der Waals surface area contributed by atoms with E-state index in [1.54, 1.807) is 43.5 Å². The lowest BCUT2D eigenvalue weighted by atomic mass is 10.1. The van der Waals surface area contributed by atoms with Gasteiger partial charge in [0, 0.05) is 16.8 Å². The number of fused-ring (bicyclic) bond motifs is 1. The summed E-state index contributed by atoms with van der Waals surface area (Å²) in [5.74, 6) is 1.53. The van der Waals surface area contributed by atoms with E-state index in [0.717, 1.165) is 5.56 Å². The highest BCUT2D eigenvalue weighted by Gasteiger charge is 2.17. The molecule has 0 saturated heterocycles. The highest BCUT2D eigenvalue weighted by atomic mass is 35.5. The molecule has 6 heteroatoms. The molecule has 3 rings (SSSR count). The van der Waals surface area contributed by atoms with Crippen LogP contribution in [0.4, 0.5) is 5.69 Å². The van der Waals surface area contributed by atoms with E-state index in [2.05, 4.69) is 5.32 Å². The quantitative estimate of drug-likeness (QED) is 0.857. The minimum atomic E-state index is -0.244. The van der Waals surface area contributed by atoms with Crippen LogP contribution < -0.4 is 19.5 Å². The van der Waals surface area contributed by atoms with Gasteiger partial charge in [0.15, 0.2) is 11.5 Å². The van der Waals surface area contributed by atoms with Gasteiger partial charge in [-0.3, -0.25) is 4.79 Å². The largest absolute Gasteiger partial charge is 0.493 e. The molecular formula is C18H16ClNO4. The monoisotopic (exact) mass is 345 g/mol. The number of amides is 1. The van der Waals surface area contributed by atoms with E-state index in [1.807, 2.05) is 6.07 Å². The molecule has 1 N–H and O–H groups in total. The molecule has 0 aliphatic carbocycles. The Bertz CT molecular complexity index is 754. The summed E-state index contributed by atoms with van der Waals surface area (Å²) in [4.78, 5) is 12.0. The third kappa shape index (κ3) is 3.81. The number of hydrogen-bond donors (Lipinski definition) is 1. The molecule has 24 heavy (non-hydrogen) atoms. The molecule has 0 aromatic heterocycles. The van der Waals surface area contributed by atoms with E-state index in [-0.39, 0.29) is 5.91 Å². The number of ether oxygens (including phenoxy) is 3. The van der Waals surface area contributed by atoms with Crippen LogP contribution in [0, 0.1) is 0 Å². The van der Waals surface area contributed by atoms with E-state index in [9.17, 15) is 4.79 Å². The lowest BCUT2D eigenvalue weighted by Gasteiger charge is -2.20. The van der Waals surface area contributed by atoms with Crippen LogP contribution in [0.3, 0.4) is 0 Å². The first-order valence-electron chi connectivity index (χ1n) is 7.38. The fraction of sp³-hybridized carbons (Fsp3) is 0.167. The highest BCUT2D eigenvalue weighted by Crippen LogP contribution is 2.40. The van der Waals surface area contributed by atoms with Gasteiger partial charge < -0.3 is 19.5 Å². The van der Waals surface area contributed by atoms with Crippen molar-refractivity contribution < 1.29 is 19.0 Å². The molecule has 0 unspecified atom stereocenters. The zero-order valence-corrected chi connectivity index (χ0v) is 13.8. The second-order valence-corrected chi connectivity index (χ2v) is 5.51. The van der Waals surface area contributed by atoms with E-state index < -0.39 is 0 Å². The fourth-order valence-corrected chi connectivity index (χ4v) is 2.40. The summed E-state index contributed by atoms with van der Waals surface area (Å²) in [6.45, 7) is 0.975. The Labute approximate surface area is 144 Å². The SMILES string of the molecule is COc1cc(/C=C/C(=O)Nc2ccc(Cl)cc2)cc2c1OCCO2. The molecule has 5 nitrogen and oxygen atoms in total. The normalized spacial score (nSPS) is 12.9. The molecule has 1 aliphatic rings. The van der Waals surface area contributed by atoms with Crippen molar-refractivity contribution in [3.05, 3.63) is 53.1 Å². The Balaban J connectivity index is 1.73. The second kappa shape index (κ2) is 7.27. The van der Waals surface area contributed by atoms with Crippen LogP contribution in [-0.2, 0) is 4.79 Å². The van der Waals surface area contributed by atoms with Gasteiger partial charge in [-0.25, -0.2) is 0 Å². The maximum Gasteiger partial charge on any atom is 0.248 e. The Morgan fingerprint density at radius 3 is 2.71 bits per heavy atom. The number of carbonyl (C=O) groups is 1. The van der Waals surface area contributed by atoms with Gasteiger partial charge in [-0.05, 0) is 48.0 Å². The first-order chi connectivity index (χ1) is 11.7. The number of hydrogen-bond acceptors (Lipinski definition) is 4. The van der Waals surface area contributed by atoms with E-state index in [1.165, 1.54) is 6.08 Å². The van der Waals surface area contributed by atoms with Crippen molar-refractivity contribution in [1.29, 1.82) is 0 Å². The maximum atomic E-state index is 12.0. The molecule has 1 amide bonds. The Kier molecular flexibility index (Phi) is 4.91. The van der Waals surface area contributed by atoms with Crippen LogP contribution in [-0.4, -0.2) is 26.2 Å². The van der Waals surface area contributed by atoms with Gasteiger partial charge in [0.1, 0.15) is 13.2 Å². The maximum absolute atomic E-state index is 12.0. The van der Waals surface area contributed by atoms with Crippen LogP contribution in [0.15, 0.2) is 42.5 Å². The van der Waals surface area contributed by atoms with Crippen molar-refractivity contribution in [2.24, 2.45) is 0 Å². The van der Waals surface area contributed by atoms with Crippen LogP contribution in [0.25, 0.3) is 6.08 Å². The molecule has 124 valence electrons. The molecule has 0 bridgehead atoms. The topological polar surface area (TPSA) is 56.8 Å². The first kappa shape index (κ1) is 16.2. The molecule has 2 aromatic carbocycles. The molecule has 2 aromatic rings. The minimum Gasteiger partial charge on any atom is -0.493 e. The minimum absolute atomic E-state index is 0.244. The molecular weight excluding hydrogens is 330 g/mol. The smallest absolute Gasteiger partial charge is 0.248 e. The summed E-state index contributed by atoms with van der Waals surface area (Å²) < 4.78 is 16.4. The number of carbonyl (C=O) groups excluding carboxylic acids is 1. The fourth-order valence-electron chi connectivity index (χ4n) is 2.28. The summed E-state index contributed by atoms with van der Waals surface area (Å²) in [6, 6.07) is 10.5. The Morgan fingerprint density at radius 1 is 1.21 bits per heavy atom. The molecule has 1 heterocycles. The summed E-state index contributed by atoms with van der Waals surface area (Å²) in [7, 11) is 1.56. The third-order valence-corrected chi connectivity index (χ3v) is 3.64. The summed E-state index contributed by atoms with van der Waals surface area (Å²) in [5.41, 5.74) is 1.45. The predicted molar refractivity (Wildman–Crippen MR) is 93.1 cm³/mol. The standard InChI is InChI=1S/C18H16ClNO4/c1-22-15-10-12(11-16-18(15)24-9-8-23-16)2-7-17(21)20-14-5-3-13(19)4-6-14/h2-7,10-11H,8-9H2,1H3,(H,20,21)/b7-2+. The lowest BCUT2D eigenvalue weighted by molar-refractivity contribution is -0.111. The number of rotatable bonds is 4. The Hall–Kier alpha value is -2.66. The van der Waals surface area contributed by atoms with Crippen molar-refractivity contribution in [3.63, 3.8) is 0 Å².